The predicted octanol–water partition coefficient (Wildman–Crippen LogP) is 7.27. The molecule has 60 heavy (non-hydrogen) atoms. The van der Waals surface area contributed by atoms with E-state index in [4.69, 9.17) is 9.47 Å². The van der Waals surface area contributed by atoms with Gasteiger partial charge in [-0.3, -0.25) is 19.8 Å². The Morgan fingerprint density at radius 3 is 2.57 bits per heavy atom. The first-order valence-corrected chi connectivity index (χ1v) is 22.5. The number of piperazine rings is 1. The number of anilines is 2. The minimum absolute atomic E-state index is 0.141. The van der Waals surface area contributed by atoms with Gasteiger partial charge < -0.3 is 24.6 Å². The molecule has 8 rings (SSSR count). The molecule has 3 aliphatic rings. The molecule has 1 fully saturated rings. The monoisotopic (exact) mass is 848 g/mol. The molecule has 0 radical (unpaired) electrons. The molecule has 5 aromatic rings. The topological polar surface area (TPSA) is 147 Å². The highest BCUT2D eigenvalue weighted by molar-refractivity contribution is 7.99. The van der Waals surface area contributed by atoms with E-state index >= 15 is 0 Å². The van der Waals surface area contributed by atoms with Crippen molar-refractivity contribution in [3.05, 3.63) is 136 Å². The molecule has 15 heteroatoms. The lowest BCUT2D eigenvalue weighted by Gasteiger charge is -2.46. The number of aryl methyl sites for hydroxylation is 1. The summed E-state index contributed by atoms with van der Waals surface area (Å²) in [4.78, 5) is 32.8. The lowest BCUT2D eigenvalue weighted by Crippen LogP contribution is -2.54. The number of rotatable bonds is 15. The molecule has 0 bridgehead atoms. The van der Waals surface area contributed by atoms with E-state index in [0.717, 1.165) is 84.8 Å². The first-order valence-electron chi connectivity index (χ1n) is 20.1. The predicted molar refractivity (Wildman–Crippen MR) is 235 cm³/mol. The van der Waals surface area contributed by atoms with Crippen molar-refractivity contribution in [1.29, 1.82) is 0 Å². The maximum Gasteiger partial charge on any atom is 0.293 e. The lowest BCUT2D eigenvalue weighted by molar-refractivity contribution is -0.384. The fourth-order valence-electron chi connectivity index (χ4n) is 8.14. The van der Waals surface area contributed by atoms with E-state index in [1.165, 1.54) is 23.3 Å². The number of carbonyl (C=O) groups excluding carboxylic acids is 1. The van der Waals surface area contributed by atoms with Gasteiger partial charge >= 0.3 is 0 Å². The van der Waals surface area contributed by atoms with Crippen LogP contribution < -0.4 is 24.4 Å². The van der Waals surface area contributed by atoms with Gasteiger partial charge in [-0.1, -0.05) is 48.5 Å². The van der Waals surface area contributed by atoms with Gasteiger partial charge in [0.15, 0.2) is 11.5 Å². The molecule has 0 aliphatic carbocycles. The van der Waals surface area contributed by atoms with Crippen LogP contribution in [-0.2, 0) is 23.0 Å². The number of fused-ring (bicyclic) bond motifs is 4. The summed E-state index contributed by atoms with van der Waals surface area (Å²) in [6.07, 6.45) is 2.34. The third-order valence-corrected chi connectivity index (χ3v) is 13.7. The zero-order valence-corrected chi connectivity index (χ0v) is 35.2. The molecule has 2 N–H and O–H groups in total. The number of hydrogen-bond donors (Lipinski definition) is 2. The Labute approximate surface area is 354 Å². The number of nitrogens with zero attached hydrogens (tertiary/aromatic N) is 4. The van der Waals surface area contributed by atoms with Gasteiger partial charge in [0.2, 0.25) is 6.79 Å². The van der Waals surface area contributed by atoms with Gasteiger partial charge in [0.05, 0.1) is 9.82 Å². The average Bonchev–Trinajstić information content (AvgIpc) is 3.73. The zero-order valence-electron chi connectivity index (χ0n) is 33.6. The normalized spacial score (nSPS) is 16.5. The van der Waals surface area contributed by atoms with E-state index in [2.05, 4.69) is 50.2 Å². The first-order chi connectivity index (χ1) is 29.0. The SMILES string of the molecule is CN(C)CCC(CSc1ccccc1)Nc1ccc(S(=O)(=O)NC(=O)c2ccc3c(c2)CCC2CN(Cc4ccccc4-c4ccc5c(c4)OCO5)CCN32)cc1[N+](=O)[O-]. The van der Waals surface area contributed by atoms with Gasteiger partial charge in [0.1, 0.15) is 5.69 Å². The number of hydrogen-bond acceptors (Lipinski definition) is 12. The van der Waals surface area contributed by atoms with E-state index in [0.29, 0.717) is 18.2 Å². The van der Waals surface area contributed by atoms with E-state index in [1.807, 2.05) is 67.5 Å². The Balaban J connectivity index is 0.912. The fourth-order valence-corrected chi connectivity index (χ4v) is 10.1. The summed E-state index contributed by atoms with van der Waals surface area (Å²) in [5, 5.41) is 15.6. The van der Waals surface area contributed by atoms with Gasteiger partial charge in [-0.05, 0) is 117 Å². The second-order valence-corrected chi connectivity index (χ2v) is 18.4. The van der Waals surface area contributed by atoms with Crippen molar-refractivity contribution >= 4 is 44.8 Å². The van der Waals surface area contributed by atoms with Crippen LogP contribution in [0.5, 0.6) is 11.5 Å². The highest BCUT2D eigenvalue weighted by Gasteiger charge is 2.33. The Hall–Kier alpha value is -5.61. The molecule has 1 amide bonds. The van der Waals surface area contributed by atoms with Crippen molar-refractivity contribution in [2.75, 3.05) is 63.0 Å². The van der Waals surface area contributed by atoms with E-state index in [1.54, 1.807) is 23.9 Å². The van der Waals surface area contributed by atoms with Gasteiger partial charge in [-0.15, -0.1) is 11.8 Å². The van der Waals surface area contributed by atoms with Crippen molar-refractivity contribution in [2.24, 2.45) is 0 Å². The third kappa shape index (κ3) is 9.39. The second kappa shape index (κ2) is 17.9. The fraction of sp³-hybridized carbons (Fsp3) is 0.311. The van der Waals surface area contributed by atoms with Crippen LogP contribution in [0.4, 0.5) is 17.1 Å². The van der Waals surface area contributed by atoms with Crippen LogP contribution in [0, 0.1) is 10.1 Å². The lowest BCUT2D eigenvalue weighted by atomic mass is 9.92. The van der Waals surface area contributed by atoms with E-state index in [9.17, 15) is 23.3 Å². The molecule has 0 saturated carbocycles. The largest absolute Gasteiger partial charge is 0.454 e. The Kier molecular flexibility index (Phi) is 12.3. The van der Waals surface area contributed by atoms with Crippen LogP contribution in [-0.4, -0.2) is 94.0 Å². The van der Waals surface area contributed by atoms with E-state index < -0.39 is 20.9 Å². The van der Waals surface area contributed by atoms with Gasteiger partial charge in [0.25, 0.3) is 21.6 Å². The van der Waals surface area contributed by atoms with Crippen LogP contribution in [0.3, 0.4) is 0 Å². The second-order valence-electron chi connectivity index (χ2n) is 15.6. The molecule has 3 aliphatic heterocycles. The highest BCUT2D eigenvalue weighted by atomic mass is 32.2. The minimum Gasteiger partial charge on any atom is -0.454 e. The number of thioether (sulfide) groups is 1. The summed E-state index contributed by atoms with van der Waals surface area (Å²) in [5.74, 6) is 1.37. The molecule has 13 nitrogen and oxygen atoms in total. The van der Waals surface area contributed by atoms with Crippen molar-refractivity contribution in [3.8, 4) is 22.6 Å². The summed E-state index contributed by atoms with van der Waals surface area (Å²) in [6.45, 7) is 4.36. The number of carbonyl (C=O) groups is 1. The van der Waals surface area contributed by atoms with Crippen LogP contribution in [0.25, 0.3) is 11.1 Å². The quantitative estimate of drug-likeness (QED) is 0.0621. The molecular formula is C45H48N6O7S2. The third-order valence-electron chi connectivity index (χ3n) is 11.2. The smallest absolute Gasteiger partial charge is 0.293 e. The first kappa shape index (κ1) is 41.1. The number of sulfonamides is 1. The number of ether oxygens (including phenoxy) is 2. The van der Waals surface area contributed by atoms with Crippen LogP contribution >= 0.6 is 11.8 Å². The standard InChI is InChI=1S/C45H48N6O7S2/c1-48(2)21-20-35(29-59-37-9-4-3-5-10-37)46-40-17-16-38(26-42(40)51(53)54)60(55,56)47-45(52)33-13-18-41-32(24-33)12-15-36-28-49(22-23-50(36)41)27-34-8-6-7-11-39(34)31-14-19-43-44(25-31)58-30-57-43/h3-11,13-14,16-19,24-26,35-36,46H,12,15,20-23,27-30H2,1-2H3,(H,47,52). The molecule has 2 unspecified atom stereocenters. The molecule has 1 saturated heterocycles. The number of amides is 1. The molecule has 5 aromatic carbocycles. The Morgan fingerprint density at radius 1 is 0.950 bits per heavy atom. The molecular weight excluding hydrogens is 801 g/mol. The minimum atomic E-state index is -4.44. The summed E-state index contributed by atoms with van der Waals surface area (Å²) in [5.41, 5.74) is 5.57. The summed E-state index contributed by atoms with van der Waals surface area (Å²) >= 11 is 1.64. The van der Waals surface area contributed by atoms with Crippen LogP contribution in [0.1, 0.15) is 34.3 Å². The number of nitro benzene ring substituents is 1. The van der Waals surface area contributed by atoms with Gasteiger partial charge in [0, 0.05) is 66.2 Å². The molecule has 0 spiro atoms. The Bertz CT molecular complexity index is 2490. The van der Waals surface area contributed by atoms with Gasteiger partial charge in [-0.2, -0.15) is 0 Å². The van der Waals surface area contributed by atoms with E-state index in [-0.39, 0.29) is 34.7 Å². The summed E-state index contributed by atoms with van der Waals surface area (Å²) in [7, 11) is -0.516. The summed E-state index contributed by atoms with van der Waals surface area (Å²) in [6, 6.07) is 33.6. The van der Waals surface area contributed by atoms with Gasteiger partial charge in [-0.25, -0.2) is 13.1 Å². The Morgan fingerprint density at radius 2 is 1.75 bits per heavy atom. The van der Waals surface area contributed by atoms with Crippen molar-refractivity contribution < 1.29 is 27.6 Å². The molecule has 0 aromatic heterocycles. The average molecular weight is 849 g/mol. The molecule has 3 heterocycles. The summed E-state index contributed by atoms with van der Waals surface area (Å²) < 4.78 is 40.4. The number of nitrogens with one attached hydrogen (secondary N) is 2. The zero-order chi connectivity index (χ0) is 41.8. The number of nitro groups is 1. The number of benzene rings is 5. The van der Waals surface area contributed by atoms with Crippen molar-refractivity contribution in [2.45, 2.75) is 47.7 Å². The van der Waals surface area contributed by atoms with Crippen molar-refractivity contribution in [3.63, 3.8) is 0 Å². The van der Waals surface area contributed by atoms with Crippen molar-refractivity contribution in [1.82, 2.24) is 14.5 Å². The molecule has 312 valence electrons. The van der Waals surface area contributed by atoms with Crippen LogP contribution in [0.15, 0.2) is 119 Å². The maximum atomic E-state index is 13.5. The van der Waals surface area contributed by atoms with Crippen LogP contribution in [0.2, 0.25) is 0 Å². The highest BCUT2D eigenvalue weighted by Crippen LogP contribution is 2.38. The molecule has 2 atom stereocenters. The maximum absolute atomic E-state index is 13.5.